The van der Waals surface area contributed by atoms with Crippen LogP contribution >= 0.6 is 0 Å². The number of carboxylic acid groups (broad SMARTS) is 1. The molecule has 1 aromatic rings. The van der Waals surface area contributed by atoms with Crippen LogP contribution in [0.5, 0.6) is 0 Å². The summed E-state index contributed by atoms with van der Waals surface area (Å²) < 4.78 is 0. The maximum absolute atomic E-state index is 11.7. The Kier molecular flexibility index (Phi) is 2.89. The van der Waals surface area contributed by atoms with Gasteiger partial charge in [-0.25, -0.2) is 0 Å². The molecular formula is C15H17N3O2. The molecule has 2 atom stereocenters. The van der Waals surface area contributed by atoms with Gasteiger partial charge in [-0.05, 0) is 31.7 Å². The first-order valence-electron chi connectivity index (χ1n) is 6.92. The van der Waals surface area contributed by atoms with E-state index in [0.29, 0.717) is 12.1 Å². The summed E-state index contributed by atoms with van der Waals surface area (Å²) in [5.41, 5.74) is 1.58. The topological polar surface area (TPSA) is 77.2 Å². The molecule has 2 aliphatic rings. The molecule has 0 amide bonds. The molecule has 104 valence electrons. The van der Waals surface area contributed by atoms with Crippen LogP contribution in [0.3, 0.4) is 0 Å². The molecule has 1 aliphatic carbocycles. The van der Waals surface area contributed by atoms with Gasteiger partial charge in [0.05, 0.1) is 16.7 Å². The van der Waals surface area contributed by atoms with Gasteiger partial charge in [0.15, 0.2) is 0 Å². The van der Waals surface area contributed by atoms with E-state index in [-0.39, 0.29) is 5.92 Å². The van der Waals surface area contributed by atoms with E-state index in [4.69, 9.17) is 0 Å². The van der Waals surface area contributed by atoms with Crippen molar-refractivity contribution < 1.29 is 9.90 Å². The minimum absolute atomic E-state index is 0.194. The zero-order valence-electron chi connectivity index (χ0n) is 11.5. The van der Waals surface area contributed by atoms with Crippen LogP contribution in [0.2, 0.25) is 0 Å². The van der Waals surface area contributed by atoms with Crippen molar-refractivity contribution in [3.63, 3.8) is 0 Å². The molecule has 1 saturated heterocycles. The number of nitriles is 1. The average molecular weight is 271 g/mol. The van der Waals surface area contributed by atoms with Crippen LogP contribution in [0.25, 0.3) is 0 Å². The second-order valence-corrected chi connectivity index (χ2v) is 5.89. The molecule has 0 spiro atoms. The maximum Gasteiger partial charge on any atom is 0.311 e. The molecule has 0 unspecified atom stereocenters. The molecule has 0 radical (unpaired) electrons. The molecule has 3 rings (SSSR count). The Morgan fingerprint density at radius 1 is 1.65 bits per heavy atom. The summed E-state index contributed by atoms with van der Waals surface area (Å²) in [5, 5.41) is 18.8. The highest BCUT2D eigenvalue weighted by atomic mass is 16.4. The first kappa shape index (κ1) is 12.9. The zero-order chi connectivity index (χ0) is 14.3. The van der Waals surface area contributed by atoms with Gasteiger partial charge in [0.25, 0.3) is 0 Å². The number of aryl methyl sites for hydroxylation is 1. The summed E-state index contributed by atoms with van der Waals surface area (Å²) in [6.07, 6.45) is 4.28. The van der Waals surface area contributed by atoms with Gasteiger partial charge in [-0.3, -0.25) is 9.78 Å². The minimum atomic E-state index is -0.688. The number of aliphatic carboxylic acids is 1. The normalized spacial score (nSPS) is 28.2. The van der Waals surface area contributed by atoms with Crippen molar-refractivity contribution >= 4 is 11.7 Å². The fourth-order valence-corrected chi connectivity index (χ4v) is 3.72. The molecule has 2 fully saturated rings. The molecule has 1 aromatic heterocycles. The summed E-state index contributed by atoms with van der Waals surface area (Å²) in [6.45, 7) is 3.12. The quantitative estimate of drug-likeness (QED) is 0.889. The highest BCUT2D eigenvalue weighted by Gasteiger charge is 2.55. The third-order valence-electron chi connectivity index (χ3n) is 4.78. The number of carboxylic acids is 1. The van der Waals surface area contributed by atoms with Crippen LogP contribution in [0.1, 0.15) is 30.5 Å². The van der Waals surface area contributed by atoms with E-state index in [2.05, 4.69) is 16.0 Å². The van der Waals surface area contributed by atoms with Gasteiger partial charge in [-0.2, -0.15) is 5.26 Å². The average Bonchev–Trinajstić information content (AvgIpc) is 2.96. The third-order valence-corrected chi connectivity index (χ3v) is 4.78. The fraction of sp³-hybridized carbons (Fsp3) is 0.533. The van der Waals surface area contributed by atoms with Gasteiger partial charge in [0, 0.05) is 25.0 Å². The molecule has 1 aliphatic heterocycles. The first-order valence-corrected chi connectivity index (χ1v) is 6.92. The standard InChI is InChI=1S/C15H17N3O2/c1-10-5-13(11(6-16)7-17-10)18-8-12-3-2-4-15(12,9-18)14(19)20/h5,7,12H,2-4,8-9H2,1H3,(H,19,20)/t12-,15+/m0/s1. The third kappa shape index (κ3) is 1.75. The highest BCUT2D eigenvalue weighted by molar-refractivity contribution is 5.78. The number of fused-ring (bicyclic) bond motifs is 1. The van der Waals surface area contributed by atoms with Gasteiger partial charge in [0.2, 0.25) is 0 Å². The van der Waals surface area contributed by atoms with Gasteiger partial charge in [-0.1, -0.05) is 6.42 Å². The molecule has 1 N–H and O–H groups in total. The van der Waals surface area contributed by atoms with E-state index in [0.717, 1.165) is 37.2 Å². The summed E-state index contributed by atoms with van der Waals surface area (Å²) in [5.74, 6) is -0.494. The van der Waals surface area contributed by atoms with Crippen LogP contribution in [-0.4, -0.2) is 29.1 Å². The van der Waals surface area contributed by atoms with Gasteiger partial charge in [-0.15, -0.1) is 0 Å². The molecule has 1 saturated carbocycles. The van der Waals surface area contributed by atoms with E-state index >= 15 is 0 Å². The Hall–Kier alpha value is -2.09. The van der Waals surface area contributed by atoms with Crippen molar-refractivity contribution in [2.75, 3.05) is 18.0 Å². The summed E-state index contributed by atoms with van der Waals surface area (Å²) >= 11 is 0. The monoisotopic (exact) mass is 271 g/mol. The molecule has 0 aromatic carbocycles. The predicted molar refractivity (Wildman–Crippen MR) is 73.3 cm³/mol. The number of rotatable bonds is 2. The number of hydrogen-bond donors (Lipinski definition) is 1. The number of aromatic nitrogens is 1. The molecular weight excluding hydrogens is 254 g/mol. The Morgan fingerprint density at radius 2 is 2.45 bits per heavy atom. The first-order chi connectivity index (χ1) is 9.56. The molecule has 5 nitrogen and oxygen atoms in total. The number of anilines is 1. The van der Waals surface area contributed by atoms with E-state index in [1.807, 2.05) is 13.0 Å². The molecule has 2 heterocycles. The van der Waals surface area contributed by atoms with Crippen LogP contribution in [0.15, 0.2) is 12.3 Å². The lowest BCUT2D eigenvalue weighted by molar-refractivity contribution is -0.149. The van der Waals surface area contributed by atoms with Crippen molar-refractivity contribution in [1.82, 2.24) is 4.98 Å². The van der Waals surface area contributed by atoms with Gasteiger partial charge < -0.3 is 10.0 Å². The lowest BCUT2D eigenvalue weighted by Gasteiger charge is -2.24. The number of nitrogens with zero attached hydrogens (tertiary/aromatic N) is 3. The van der Waals surface area contributed by atoms with E-state index in [1.165, 1.54) is 0 Å². The maximum atomic E-state index is 11.7. The number of pyridine rings is 1. The Bertz CT molecular complexity index is 608. The zero-order valence-corrected chi connectivity index (χ0v) is 11.5. The Morgan fingerprint density at radius 3 is 3.10 bits per heavy atom. The molecule has 20 heavy (non-hydrogen) atoms. The molecule has 5 heteroatoms. The second-order valence-electron chi connectivity index (χ2n) is 5.89. The lowest BCUT2D eigenvalue weighted by Crippen LogP contribution is -2.35. The number of carbonyl (C=O) groups is 1. The number of hydrogen-bond acceptors (Lipinski definition) is 4. The summed E-state index contributed by atoms with van der Waals surface area (Å²) in [4.78, 5) is 17.9. The van der Waals surface area contributed by atoms with Crippen molar-refractivity contribution in [1.29, 1.82) is 5.26 Å². The van der Waals surface area contributed by atoms with Gasteiger partial charge >= 0.3 is 5.97 Å². The predicted octanol–water partition coefficient (Wildman–Crippen LogP) is 1.95. The lowest BCUT2D eigenvalue weighted by atomic mass is 9.81. The largest absolute Gasteiger partial charge is 0.481 e. The van der Waals surface area contributed by atoms with Crippen molar-refractivity contribution in [2.24, 2.45) is 11.3 Å². The summed E-state index contributed by atoms with van der Waals surface area (Å²) in [6, 6.07) is 4.04. The van der Waals surface area contributed by atoms with Gasteiger partial charge in [0.1, 0.15) is 6.07 Å². The van der Waals surface area contributed by atoms with Crippen molar-refractivity contribution in [3.8, 4) is 6.07 Å². The van der Waals surface area contributed by atoms with Crippen LogP contribution in [-0.2, 0) is 4.79 Å². The SMILES string of the molecule is Cc1cc(N2C[C@@H]3CCC[C@@]3(C(=O)O)C2)c(C#N)cn1. The van der Waals surface area contributed by atoms with E-state index < -0.39 is 11.4 Å². The van der Waals surface area contributed by atoms with Crippen LogP contribution < -0.4 is 4.90 Å². The second kappa shape index (κ2) is 4.48. The Balaban J connectivity index is 1.97. The summed E-state index contributed by atoms with van der Waals surface area (Å²) in [7, 11) is 0. The van der Waals surface area contributed by atoms with Crippen LogP contribution in [0, 0.1) is 29.6 Å². The smallest absolute Gasteiger partial charge is 0.311 e. The minimum Gasteiger partial charge on any atom is -0.481 e. The molecule has 0 bridgehead atoms. The van der Waals surface area contributed by atoms with E-state index in [9.17, 15) is 15.2 Å². The van der Waals surface area contributed by atoms with Crippen molar-refractivity contribution in [3.05, 3.63) is 23.5 Å². The highest BCUT2D eigenvalue weighted by Crippen LogP contribution is 2.50. The van der Waals surface area contributed by atoms with Crippen LogP contribution in [0.4, 0.5) is 5.69 Å². The Labute approximate surface area is 117 Å². The van der Waals surface area contributed by atoms with Crippen molar-refractivity contribution in [2.45, 2.75) is 26.2 Å². The fourth-order valence-electron chi connectivity index (χ4n) is 3.72. The van der Waals surface area contributed by atoms with E-state index in [1.54, 1.807) is 6.20 Å².